The molecule has 18 heavy (non-hydrogen) atoms. The Labute approximate surface area is 115 Å². The lowest BCUT2D eigenvalue weighted by Gasteiger charge is -2.33. The topological polar surface area (TPSA) is 15.3 Å². The summed E-state index contributed by atoms with van der Waals surface area (Å²) in [7, 11) is 0. The monoisotopic (exact) mass is 254 g/mol. The molecule has 1 N–H and O–H groups in total. The van der Waals surface area contributed by atoms with E-state index >= 15 is 0 Å². The van der Waals surface area contributed by atoms with Gasteiger partial charge in [-0.25, -0.2) is 0 Å². The van der Waals surface area contributed by atoms with Crippen molar-refractivity contribution in [3.05, 3.63) is 0 Å². The van der Waals surface area contributed by atoms with Gasteiger partial charge in [-0.05, 0) is 57.3 Å². The van der Waals surface area contributed by atoms with Crippen molar-refractivity contribution in [3.8, 4) is 0 Å². The second-order valence-corrected chi connectivity index (χ2v) is 6.42. The van der Waals surface area contributed by atoms with Crippen LogP contribution in [0.3, 0.4) is 0 Å². The average molecular weight is 254 g/mol. The summed E-state index contributed by atoms with van der Waals surface area (Å²) in [5.41, 5.74) is 0. The molecule has 2 nitrogen and oxygen atoms in total. The van der Waals surface area contributed by atoms with Gasteiger partial charge in [-0.15, -0.1) is 0 Å². The van der Waals surface area contributed by atoms with Crippen LogP contribution < -0.4 is 5.32 Å². The van der Waals surface area contributed by atoms with Crippen LogP contribution in [0.15, 0.2) is 0 Å². The Morgan fingerprint density at radius 2 is 2.06 bits per heavy atom. The van der Waals surface area contributed by atoms with E-state index in [0.717, 1.165) is 11.8 Å². The van der Waals surface area contributed by atoms with E-state index in [1.165, 1.54) is 71.2 Å². The number of nitrogens with one attached hydrogen (secondary N) is 1. The summed E-state index contributed by atoms with van der Waals surface area (Å²) in [5, 5.41) is 3.62. The molecule has 0 aromatic rings. The smallest absolute Gasteiger partial charge is 0.00218 e. The van der Waals surface area contributed by atoms with Gasteiger partial charge in [-0.3, -0.25) is 0 Å². The first kappa shape index (κ1) is 16.0. The summed E-state index contributed by atoms with van der Waals surface area (Å²) in [5.74, 6) is 1.67. The lowest BCUT2D eigenvalue weighted by molar-refractivity contribution is 0.169. The van der Waals surface area contributed by atoms with E-state index in [1.807, 2.05) is 0 Å². The lowest BCUT2D eigenvalue weighted by atomic mass is 9.97. The van der Waals surface area contributed by atoms with Gasteiger partial charge in [0.05, 0.1) is 0 Å². The van der Waals surface area contributed by atoms with Crippen molar-refractivity contribution in [2.24, 2.45) is 11.8 Å². The first-order valence-corrected chi connectivity index (χ1v) is 8.15. The van der Waals surface area contributed by atoms with Crippen molar-refractivity contribution in [1.82, 2.24) is 10.2 Å². The van der Waals surface area contributed by atoms with E-state index in [4.69, 9.17) is 0 Å². The van der Waals surface area contributed by atoms with Crippen molar-refractivity contribution in [2.45, 2.75) is 59.3 Å². The van der Waals surface area contributed by atoms with E-state index in [1.54, 1.807) is 0 Å². The standard InChI is InChI=1S/C16H34N2/c1-4-5-6-7-10-18-11-8-9-16(14-18)13-17-12-15(2)3/h15-17H,4-14H2,1-3H3. The fourth-order valence-electron chi connectivity index (χ4n) is 2.86. The Hall–Kier alpha value is -0.0800. The molecular formula is C16H34N2. The predicted molar refractivity (Wildman–Crippen MR) is 81.0 cm³/mol. The third-order valence-corrected chi connectivity index (χ3v) is 3.92. The lowest BCUT2D eigenvalue weighted by Crippen LogP contribution is -2.40. The van der Waals surface area contributed by atoms with Crippen LogP contribution in [0.2, 0.25) is 0 Å². The van der Waals surface area contributed by atoms with Gasteiger partial charge in [-0.1, -0.05) is 40.0 Å². The highest BCUT2D eigenvalue weighted by Gasteiger charge is 2.18. The summed E-state index contributed by atoms with van der Waals surface area (Å²) in [6.45, 7) is 13.3. The number of piperidine rings is 1. The molecule has 0 spiro atoms. The molecule has 0 bridgehead atoms. The molecule has 0 saturated carbocycles. The molecule has 1 rings (SSSR count). The summed E-state index contributed by atoms with van der Waals surface area (Å²) in [6, 6.07) is 0. The zero-order valence-electron chi connectivity index (χ0n) is 12.9. The maximum Gasteiger partial charge on any atom is 0.00218 e. The normalized spacial score (nSPS) is 21.7. The number of likely N-dealkylation sites (tertiary alicyclic amines) is 1. The maximum atomic E-state index is 3.62. The van der Waals surface area contributed by atoms with Crippen molar-refractivity contribution in [2.75, 3.05) is 32.7 Å². The molecule has 1 aliphatic rings. The largest absolute Gasteiger partial charge is 0.316 e. The Morgan fingerprint density at radius 3 is 2.78 bits per heavy atom. The van der Waals surface area contributed by atoms with Crippen LogP contribution >= 0.6 is 0 Å². The summed E-state index contributed by atoms with van der Waals surface area (Å²) in [6.07, 6.45) is 8.41. The number of hydrogen-bond acceptors (Lipinski definition) is 2. The van der Waals surface area contributed by atoms with E-state index in [2.05, 4.69) is 31.0 Å². The van der Waals surface area contributed by atoms with Crippen LogP contribution in [0.4, 0.5) is 0 Å². The molecule has 108 valence electrons. The number of rotatable bonds is 9. The second-order valence-electron chi connectivity index (χ2n) is 6.42. The van der Waals surface area contributed by atoms with Gasteiger partial charge in [0.2, 0.25) is 0 Å². The molecule has 1 atom stereocenters. The van der Waals surface area contributed by atoms with Crippen molar-refractivity contribution >= 4 is 0 Å². The molecule has 0 aromatic heterocycles. The molecule has 1 fully saturated rings. The summed E-state index contributed by atoms with van der Waals surface area (Å²) >= 11 is 0. The molecule has 1 unspecified atom stereocenters. The van der Waals surface area contributed by atoms with Gasteiger partial charge in [0.1, 0.15) is 0 Å². The highest BCUT2D eigenvalue weighted by molar-refractivity contribution is 4.74. The molecule has 1 saturated heterocycles. The van der Waals surface area contributed by atoms with Gasteiger partial charge in [0, 0.05) is 6.54 Å². The average Bonchev–Trinajstić information content (AvgIpc) is 2.35. The van der Waals surface area contributed by atoms with Crippen LogP contribution in [0, 0.1) is 11.8 Å². The Balaban J connectivity index is 2.08. The van der Waals surface area contributed by atoms with E-state index in [9.17, 15) is 0 Å². The first-order valence-electron chi connectivity index (χ1n) is 8.15. The van der Waals surface area contributed by atoms with Gasteiger partial charge in [0.15, 0.2) is 0 Å². The molecule has 1 aliphatic heterocycles. The predicted octanol–water partition coefficient (Wildman–Crippen LogP) is 3.52. The molecule has 0 aromatic carbocycles. The summed E-state index contributed by atoms with van der Waals surface area (Å²) in [4.78, 5) is 2.70. The fourth-order valence-corrected chi connectivity index (χ4v) is 2.86. The van der Waals surface area contributed by atoms with Crippen molar-refractivity contribution in [3.63, 3.8) is 0 Å². The molecule has 0 aliphatic carbocycles. The van der Waals surface area contributed by atoms with Gasteiger partial charge < -0.3 is 10.2 Å². The molecule has 2 heteroatoms. The van der Waals surface area contributed by atoms with Gasteiger partial charge in [0.25, 0.3) is 0 Å². The Kier molecular flexibility index (Phi) is 8.70. The molecular weight excluding hydrogens is 220 g/mol. The Morgan fingerprint density at radius 1 is 1.22 bits per heavy atom. The Bertz CT molecular complexity index is 192. The first-order chi connectivity index (χ1) is 8.72. The zero-order chi connectivity index (χ0) is 13.2. The van der Waals surface area contributed by atoms with Crippen LogP contribution in [-0.4, -0.2) is 37.6 Å². The van der Waals surface area contributed by atoms with E-state index in [0.29, 0.717) is 0 Å². The van der Waals surface area contributed by atoms with Crippen LogP contribution in [0.5, 0.6) is 0 Å². The minimum absolute atomic E-state index is 0.777. The second kappa shape index (κ2) is 9.80. The van der Waals surface area contributed by atoms with Gasteiger partial charge in [-0.2, -0.15) is 0 Å². The SMILES string of the molecule is CCCCCCN1CCCC(CNCC(C)C)C1. The molecule has 0 radical (unpaired) electrons. The highest BCUT2D eigenvalue weighted by Crippen LogP contribution is 2.16. The highest BCUT2D eigenvalue weighted by atomic mass is 15.1. The summed E-state index contributed by atoms with van der Waals surface area (Å²) < 4.78 is 0. The number of hydrogen-bond donors (Lipinski definition) is 1. The maximum absolute atomic E-state index is 3.62. The van der Waals surface area contributed by atoms with Gasteiger partial charge >= 0.3 is 0 Å². The minimum atomic E-state index is 0.777. The van der Waals surface area contributed by atoms with E-state index < -0.39 is 0 Å². The minimum Gasteiger partial charge on any atom is -0.316 e. The van der Waals surface area contributed by atoms with Crippen LogP contribution in [-0.2, 0) is 0 Å². The third-order valence-electron chi connectivity index (χ3n) is 3.92. The molecule has 0 amide bonds. The zero-order valence-corrected chi connectivity index (χ0v) is 12.9. The van der Waals surface area contributed by atoms with Crippen LogP contribution in [0.1, 0.15) is 59.3 Å². The fraction of sp³-hybridized carbons (Fsp3) is 1.00. The van der Waals surface area contributed by atoms with Crippen molar-refractivity contribution in [1.29, 1.82) is 0 Å². The van der Waals surface area contributed by atoms with Crippen LogP contribution in [0.25, 0.3) is 0 Å². The molecule has 1 heterocycles. The third kappa shape index (κ3) is 7.38. The van der Waals surface area contributed by atoms with E-state index in [-0.39, 0.29) is 0 Å². The quantitative estimate of drug-likeness (QED) is 0.633. The number of unbranched alkanes of at least 4 members (excludes halogenated alkanes) is 3. The number of nitrogens with zero attached hydrogens (tertiary/aromatic N) is 1. The van der Waals surface area contributed by atoms with Crippen molar-refractivity contribution < 1.29 is 0 Å².